The third-order valence-corrected chi connectivity index (χ3v) is 2.47. The van der Waals surface area contributed by atoms with E-state index in [1.54, 1.807) is 12.5 Å². The van der Waals surface area contributed by atoms with Gasteiger partial charge in [0.2, 0.25) is 0 Å². The van der Waals surface area contributed by atoms with Crippen molar-refractivity contribution in [3.05, 3.63) is 18.2 Å². The summed E-state index contributed by atoms with van der Waals surface area (Å²) in [5.74, 6) is 0. The Morgan fingerprint density at radius 3 is 2.79 bits per heavy atom. The van der Waals surface area contributed by atoms with Gasteiger partial charge in [-0.1, -0.05) is 6.92 Å². The van der Waals surface area contributed by atoms with Crippen LogP contribution >= 0.6 is 0 Å². The SMILES string of the molecule is CCC(CNCc1cnc[nH]1)NC(=O)OC(C)(C)C. The lowest BCUT2D eigenvalue weighted by molar-refractivity contribution is 0.0502. The first kappa shape index (κ1) is 15.5. The summed E-state index contributed by atoms with van der Waals surface area (Å²) in [5.41, 5.74) is 0.554. The van der Waals surface area contributed by atoms with E-state index in [0.717, 1.165) is 12.1 Å². The number of carbonyl (C=O) groups excluding carboxylic acids is 1. The van der Waals surface area contributed by atoms with Crippen LogP contribution in [0.5, 0.6) is 0 Å². The van der Waals surface area contributed by atoms with Crippen LogP contribution < -0.4 is 10.6 Å². The van der Waals surface area contributed by atoms with Gasteiger partial charge in [-0.3, -0.25) is 0 Å². The molecule has 1 amide bonds. The van der Waals surface area contributed by atoms with Crippen LogP contribution in [0.2, 0.25) is 0 Å². The van der Waals surface area contributed by atoms with Crippen molar-refractivity contribution in [2.75, 3.05) is 6.54 Å². The number of aromatic amines is 1. The largest absolute Gasteiger partial charge is 0.444 e. The molecule has 0 radical (unpaired) electrons. The second kappa shape index (κ2) is 7.13. The lowest BCUT2D eigenvalue weighted by Crippen LogP contribution is -2.43. The summed E-state index contributed by atoms with van der Waals surface area (Å²) in [7, 11) is 0. The molecule has 0 aliphatic rings. The van der Waals surface area contributed by atoms with Crippen LogP contribution in [0, 0.1) is 0 Å². The molecule has 19 heavy (non-hydrogen) atoms. The Balaban J connectivity index is 2.27. The Kier molecular flexibility index (Phi) is 5.82. The molecule has 108 valence electrons. The maximum Gasteiger partial charge on any atom is 0.407 e. The van der Waals surface area contributed by atoms with Crippen molar-refractivity contribution < 1.29 is 9.53 Å². The lowest BCUT2D eigenvalue weighted by Gasteiger charge is -2.23. The van der Waals surface area contributed by atoms with Crippen LogP contribution in [0.25, 0.3) is 0 Å². The quantitative estimate of drug-likeness (QED) is 0.735. The van der Waals surface area contributed by atoms with Gasteiger partial charge < -0.3 is 20.4 Å². The maximum atomic E-state index is 11.6. The summed E-state index contributed by atoms with van der Waals surface area (Å²) in [6, 6.07) is 0.0535. The van der Waals surface area contributed by atoms with E-state index in [1.165, 1.54) is 0 Å². The molecule has 6 nitrogen and oxygen atoms in total. The highest BCUT2D eigenvalue weighted by Crippen LogP contribution is 2.07. The van der Waals surface area contributed by atoms with E-state index in [2.05, 4.69) is 20.6 Å². The molecule has 0 aliphatic carbocycles. The number of nitrogens with one attached hydrogen (secondary N) is 3. The number of ether oxygens (including phenoxy) is 1. The van der Waals surface area contributed by atoms with E-state index in [9.17, 15) is 4.79 Å². The zero-order valence-electron chi connectivity index (χ0n) is 12.1. The van der Waals surface area contributed by atoms with Gasteiger partial charge >= 0.3 is 6.09 Å². The van der Waals surface area contributed by atoms with Gasteiger partial charge in [0.25, 0.3) is 0 Å². The van der Waals surface area contributed by atoms with Gasteiger partial charge in [0, 0.05) is 31.0 Å². The van der Waals surface area contributed by atoms with Crippen molar-refractivity contribution in [2.45, 2.75) is 52.3 Å². The highest BCUT2D eigenvalue weighted by atomic mass is 16.6. The topological polar surface area (TPSA) is 79.0 Å². The molecule has 0 saturated heterocycles. The number of aromatic nitrogens is 2. The van der Waals surface area contributed by atoms with Crippen molar-refractivity contribution in [3.63, 3.8) is 0 Å². The second-order valence-electron chi connectivity index (χ2n) is 5.46. The Morgan fingerprint density at radius 1 is 1.53 bits per heavy atom. The van der Waals surface area contributed by atoms with E-state index in [1.807, 2.05) is 27.7 Å². The predicted octanol–water partition coefficient (Wildman–Crippen LogP) is 1.80. The molecule has 1 unspecified atom stereocenters. The average Bonchev–Trinajstić information content (AvgIpc) is 2.78. The molecular formula is C13H24N4O2. The number of hydrogen-bond donors (Lipinski definition) is 3. The second-order valence-corrected chi connectivity index (χ2v) is 5.46. The molecule has 0 fully saturated rings. The van der Waals surface area contributed by atoms with Gasteiger partial charge in [-0.15, -0.1) is 0 Å². The number of nitrogens with zero attached hydrogens (tertiary/aromatic N) is 1. The third-order valence-electron chi connectivity index (χ3n) is 2.47. The normalized spacial score (nSPS) is 13.1. The molecule has 0 saturated carbocycles. The van der Waals surface area contributed by atoms with E-state index < -0.39 is 5.60 Å². The molecule has 6 heteroatoms. The van der Waals surface area contributed by atoms with Gasteiger partial charge in [-0.25, -0.2) is 9.78 Å². The van der Waals surface area contributed by atoms with Crippen LogP contribution in [0.4, 0.5) is 4.79 Å². The van der Waals surface area contributed by atoms with E-state index >= 15 is 0 Å². The zero-order chi connectivity index (χ0) is 14.3. The van der Waals surface area contributed by atoms with Gasteiger partial charge in [-0.2, -0.15) is 0 Å². The maximum absolute atomic E-state index is 11.6. The predicted molar refractivity (Wildman–Crippen MR) is 73.7 cm³/mol. The van der Waals surface area contributed by atoms with Crippen LogP contribution in [-0.2, 0) is 11.3 Å². The molecule has 0 aliphatic heterocycles. The molecule has 1 rings (SSSR count). The minimum absolute atomic E-state index is 0.0535. The molecule has 1 aromatic heterocycles. The molecule has 0 spiro atoms. The molecule has 1 atom stereocenters. The monoisotopic (exact) mass is 268 g/mol. The summed E-state index contributed by atoms with van der Waals surface area (Å²) in [5, 5.41) is 6.12. The molecule has 0 bridgehead atoms. The first-order valence-electron chi connectivity index (χ1n) is 6.58. The fourth-order valence-corrected chi connectivity index (χ4v) is 1.53. The Labute approximate surface area is 114 Å². The van der Waals surface area contributed by atoms with Crippen LogP contribution in [0.15, 0.2) is 12.5 Å². The van der Waals surface area contributed by atoms with E-state index in [0.29, 0.717) is 13.1 Å². The molecule has 0 aromatic carbocycles. The van der Waals surface area contributed by atoms with Crippen molar-refractivity contribution in [3.8, 4) is 0 Å². The fourth-order valence-electron chi connectivity index (χ4n) is 1.53. The van der Waals surface area contributed by atoms with E-state index in [-0.39, 0.29) is 12.1 Å². The number of alkyl carbamates (subject to hydrolysis) is 1. The van der Waals surface area contributed by atoms with Gasteiger partial charge in [-0.05, 0) is 27.2 Å². The number of amides is 1. The molecular weight excluding hydrogens is 244 g/mol. The van der Waals surface area contributed by atoms with E-state index in [4.69, 9.17) is 4.74 Å². The van der Waals surface area contributed by atoms with Crippen molar-refractivity contribution in [2.24, 2.45) is 0 Å². The standard InChI is InChI=1S/C13H24N4O2/c1-5-10(17-12(18)19-13(2,3)4)6-14-7-11-8-15-9-16-11/h8-10,14H,5-7H2,1-4H3,(H,15,16)(H,17,18). The summed E-state index contributed by atoms with van der Waals surface area (Å²) < 4.78 is 5.23. The van der Waals surface area contributed by atoms with Gasteiger partial charge in [0.15, 0.2) is 0 Å². The van der Waals surface area contributed by atoms with Crippen molar-refractivity contribution in [1.29, 1.82) is 0 Å². The number of imidazole rings is 1. The first-order chi connectivity index (χ1) is 8.90. The van der Waals surface area contributed by atoms with Crippen molar-refractivity contribution in [1.82, 2.24) is 20.6 Å². The minimum Gasteiger partial charge on any atom is -0.444 e. The van der Waals surface area contributed by atoms with Crippen LogP contribution in [0.3, 0.4) is 0 Å². The summed E-state index contributed by atoms with van der Waals surface area (Å²) in [6.07, 6.45) is 3.89. The van der Waals surface area contributed by atoms with Crippen LogP contribution in [0.1, 0.15) is 39.8 Å². The Morgan fingerprint density at radius 2 is 2.26 bits per heavy atom. The highest BCUT2D eigenvalue weighted by Gasteiger charge is 2.18. The summed E-state index contributed by atoms with van der Waals surface area (Å²) in [4.78, 5) is 18.6. The molecule has 3 N–H and O–H groups in total. The third kappa shape index (κ3) is 6.81. The van der Waals surface area contributed by atoms with Crippen LogP contribution in [-0.4, -0.2) is 34.2 Å². The Bertz CT molecular complexity index is 370. The Hall–Kier alpha value is -1.56. The molecule has 1 heterocycles. The van der Waals surface area contributed by atoms with Gasteiger partial charge in [0.05, 0.1) is 6.33 Å². The first-order valence-corrected chi connectivity index (χ1v) is 6.58. The molecule has 1 aromatic rings. The fraction of sp³-hybridized carbons (Fsp3) is 0.692. The summed E-state index contributed by atoms with van der Waals surface area (Å²) in [6.45, 7) is 8.97. The number of hydrogen-bond acceptors (Lipinski definition) is 4. The zero-order valence-corrected chi connectivity index (χ0v) is 12.1. The summed E-state index contributed by atoms with van der Waals surface area (Å²) >= 11 is 0. The van der Waals surface area contributed by atoms with Gasteiger partial charge in [0.1, 0.15) is 5.60 Å². The van der Waals surface area contributed by atoms with Crippen molar-refractivity contribution >= 4 is 6.09 Å². The highest BCUT2D eigenvalue weighted by molar-refractivity contribution is 5.68. The number of carbonyl (C=O) groups is 1. The lowest BCUT2D eigenvalue weighted by atomic mass is 10.2. The minimum atomic E-state index is -0.467. The average molecular weight is 268 g/mol. The smallest absolute Gasteiger partial charge is 0.407 e. The number of rotatable bonds is 6. The number of H-pyrrole nitrogens is 1.